The third-order valence-electron chi connectivity index (χ3n) is 3.32. The topological polar surface area (TPSA) is 38.8 Å². The molecule has 0 spiro atoms. The zero-order valence-corrected chi connectivity index (χ0v) is 10.5. The first kappa shape index (κ1) is 11.6. The van der Waals surface area contributed by atoms with E-state index in [1.807, 2.05) is 6.92 Å². The maximum atomic E-state index is 11.4. The van der Waals surface area contributed by atoms with E-state index in [1.54, 1.807) is 6.08 Å². The van der Waals surface area contributed by atoms with Crippen molar-refractivity contribution < 1.29 is 14.3 Å². The molecule has 1 aliphatic heterocycles. The Morgan fingerprint density at radius 3 is 2.88 bits per heavy atom. The van der Waals surface area contributed by atoms with E-state index in [-0.39, 0.29) is 23.1 Å². The van der Waals surface area contributed by atoms with E-state index in [9.17, 15) is 4.79 Å². The van der Waals surface area contributed by atoms with E-state index in [0.717, 1.165) is 18.4 Å². The molecule has 0 aromatic heterocycles. The van der Waals surface area contributed by atoms with Gasteiger partial charge >= 0.3 is 5.97 Å². The predicted molar refractivity (Wildman–Crippen MR) is 61.0 cm³/mol. The number of fused-ring (bicyclic) bond motifs is 1. The molecule has 1 saturated carbocycles. The highest BCUT2D eigenvalue weighted by Gasteiger charge is 2.60. The first-order valence-corrected chi connectivity index (χ1v) is 5.91. The van der Waals surface area contributed by atoms with Crippen molar-refractivity contribution in [2.45, 2.75) is 52.2 Å². The summed E-state index contributed by atoms with van der Waals surface area (Å²) in [7, 11) is 0. The van der Waals surface area contributed by atoms with E-state index >= 15 is 0 Å². The van der Waals surface area contributed by atoms with Gasteiger partial charge in [-0.2, -0.15) is 0 Å². The molecule has 0 radical (unpaired) electrons. The Kier molecular flexibility index (Phi) is 2.61. The Balaban J connectivity index is 2.13. The van der Waals surface area contributed by atoms with Gasteiger partial charge in [-0.3, -0.25) is 0 Å². The molecule has 3 heteroatoms. The van der Waals surface area contributed by atoms with Crippen LogP contribution in [-0.4, -0.2) is 24.3 Å². The van der Waals surface area contributed by atoms with E-state index < -0.39 is 0 Å². The molecule has 2 fully saturated rings. The molecule has 2 atom stereocenters. The molecular formula is C13H20O3. The third kappa shape index (κ3) is 2.14. The summed E-state index contributed by atoms with van der Waals surface area (Å²) < 4.78 is 10.7. The van der Waals surface area contributed by atoms with Crippen LogP contribution in [0, 0.1) is 5.41 Å². The number of carbonyl (C=O) groups excluding carboxylic acids is 1. The normalized spacial score (nSPS) is 38.0. The van der Waals surface area contributed by atoms with E-state index in [4.69, 9.17) is 9.47 Å². The van der Waals surface area contributed by atoms with Gasteiger partial charge in [0, 0.05) is 6.08 Å². The Morgan fingerprint density at radius 2 is 2.25 bits per heavy atom. The number of hydrogen-bond acceptors (Lipinski definition) is 3. The number of esters is 1. The summed E-state index contributed by atoms with van der Waals surface area (Å²) in [6, 6.07) is 0. The number of carbonyl (C=O) groups is 1. The van der Waals surface area contributed by atoms with E-state index in [2.05, 4.69) is 20.8 Å². The highest BCUT2D eigenvalue weighted by atomic mass is 16.6. The number of rotatable bonds is 2. The number of ether oxygens (including phenoxy) is 2. The summed E-state index contributed by atoms with van der Waals surface area (Å²) in [6.45, 7) is 8.80. The second-order valence-electron chi connectivity index (χ2n) is 5.80. The molecule has 0 aromatic rings. The lowest BCUT2D eigenvalue weighted by atomic mass is 9.70. The quantitative estimate of drug-likeness (QED) is 0.411. The van der Waals surface area contributed by atoms with Crippen LogP contribution in [-0.2, 0) is 14.3 Å². The van der Waals surface area contributed by atoms with Crippen LogP contribution in [0.3, 0.4) is 0 Å². The minimum Gasteiger partial charge on any atom is -0.463 e. The molecule has 16 heavy (non-hydrogen) atoms. The predicted octanol–water partition coefficient (Wildman–Crippen LogP) is 2.45. The molecule has 2 rings (SSSR count). The Labute approximate surface area is 96.8 Å². The molecule has 1 aliphatic carbocycles. The van der Waals surface area contributed by atoms with Crippen molar-refractivity contribution in [2.75, 3.05) is 6.61 Å². The molecule has 90 valence electrons. The van der Waals surface area contributed by atoms with Gasteiger partial charge in [-0.05, 0) is 37.7 Å². The maximum Gasteiger partial charge on any atom is 0.330 e. The molecule has 0 bridgehead atoms. The monoisotopic (exact) mass is 224 g/mol. The Morgan fingerprint density at radius 1 is 1.56 bits per heavy atom. The molecule has 0 N–H and O–H groups in total. The summed E-state index contributed by atoms with van der Waals surface area (Å²) in [5, 5.41) is 0. The standard InChI is InChI=1S/C13H20O3/c1-5-15-10(14)6-9-7-12(2,3)8-13(4)11(9)16-13/h6,11H,5,7-8H2,1-4H3/b9-6+. The lowest BCUT2D eigenvalue weighted by Crippen LogP contribution is -2.30. The van der Waals surface area contributed by atoms with Gasteiger partial charge in [-0.15, -0.1) is 0 Å². The second kappa shape index (κ2) is 3.59. The first-order valence-electron chi connectivity index (χ1n) is 5.91. The summed E-state index contributed by atoms with van der Waals surface area (Å²) >= 11 is 0. The Bertz CT molecular complexity index is 340. The molecular weight excluding hydrogens is 204 g/mol. The lowest BCUT2D eigenvalue weighted by Gasteiger charge is -2.32. The van der Waals surface area contributed by atoms with Crippen molar-refractivity contribution in [3.8, 4) is 0 Å². The fourth-order valence-corrected chi connectivity index (χ4v) is 2.96. The SMILES string of the molecule is CCOC(=O)/C=C1\CC(C)(C)CC2(C)OC12. The van der Waals surface area contributed by atoms with Crippen LogP contribution in [0.25, 0.3) is 0 Å². The molecule has 2 unspecified atom stereocenters. The molecule has 1 heterocycles. The van der Waals surface area contributed by atoms with Crippen molar-refractivity contribution in [3.05, 3.63) is 11.6 Å². The summed E-state index contributed by atoms with van der Waals surface area (Å²) in [6.07, 6.45) is 3.75. The fourth-order valence-electron chi connectivity index (χ4n) is 2.96. The van der Waals surface area contributed by atoms with Crippen molar-refractivity contribution in [1.82, 2.24) is 0 Å². The zero-order valence-electron chi connectivity index (χ0n) is 10.5. The van der Waals surface area contributed by atoms with Gasteiger partial charge in [0.2, 0.25) is 0 Å². The van der Waals surface area contributed by atoms with E-state index in [0.29, 0.717) is 6.61 Å². The average molecular weight is 224 g/mol. The summed E-state index contributed by atoms with van der Waals surface area (Å²) in [4.78, 5) is 11.4. The minimum absolute atomic E-state index is 0.0416. The first-order chi connectivity index (χ1) is 7.36. The van der Waals surface area contributed by atoms with Crippen molar-refractivity contribution in [3.63, 3.8) is 0 Å². The van der Waals surface area contributed by atoms with Crippen molar-refractivity contribution in [1.29, 1.82) is 0 Å². The molecule has 3 nitrogen and oxygen atoms in total. The van der Waals surface area contributed by atoms with E-state index in [1.165, 1.54) is 0 Å². The van der Waals surface area contributed by atoms with Gasteiger partial charge in [0.25, 0.3) is 0 Å². The van der Waals surface area contributed by atoms with Crippen LogP contribution >= 0.6 is 0 Å². The van der Waals surface area contributed by atoms with Crippen LogP contribution in [0.1, 0.15) is 40.5 Å². The smallest absolute Gasteiger partial charge is 0.330 e. The largest absolute Gasteiger partial charge is 0.463 e. The van der Waals surface area contributed by atoms with Crippen molar-refractivity contribution in [2.24, 2.45) is 5.41 Å². The minimum atomic E-state index is -0.243. The van der Waals surface area contributed by atoms with Gasteiger partial charge in [0.1, 0.15) is 6.10 Å². The Hall–Kier alpha value is -0.830. The van der Waals surface area contributed by atoms with Crippen LogP contribution < -0.4 is 0 Å². The molecule has 0 aromatic carbocycles. The zero-order chi connectivity index (χ0) is 12.0. The van der Waals surface area contributed by atoms with Crippen LogP contribution in [0.2, 0.25) is 0 Å². The molecule has 2 aliphatic rings. The average Bonchev–Trinajstić information content (AvgIpc) is 2.74. The van der Waals surface area contributed by atoms with Crippen LogP contribution in [0.5, 0.6) is 0 Å². The van der Waals surface area contributed by atoms with Crippen LogP contribution in [0.15, 0.2) is 11.6 Å². The van der Waals surface area contributed by atoms with Crippen molar-refractivity contribution >= 4 is 5.97 Å². The van der Waals surface area contributed by atoms with Gasteiger partial charge in [0.15, 0.2) is 0 Å². The number of epoxide rings is 1. The highest BCUT2D eigenvalue weighted by molar-refractivity contribution is 5.83. The molecule has 0 amide bonds. The third-order valence-corrected chi connectivity index (χ3v) is 3.32. The highest BCUT2D eigenvalue weighted by Crippen LogP contribution is 2.56. The van der Waals surface area contributed by atoms with Gasteiger partial charge in [0.05, 0.1) is 12.2 Å². The summed E-state index contributed by atoms with van der Waals surface area (Å²) in [5.74, 6) is -0.243. The maximum absolute atomic E-state index is 11.4. The number of hydrogen-bond donors (Lipinski definition) is 0. The van der Waals surface area contributed by atoms with Gasteiger partial charge in [-0.1, -0.05) is 13.8 Å². The summed E-state index contributed by atoms with van der Waals surface area (Å²) in [5.41, 5.74) is 1.26. The van der Waals surface area contributed by atoms with Gasteiger partial charge < -0.3 is 9.47 Å². The fraction of sp³-hybridized carbons (Fsp3) is 0.769. The van der Waals surface area contributed by atoms with Crippen LogP contribution in [0.4, 0.5) is 0 Å². The lowest BCUT2D eigenvalue weighted by molar-refractivity contribution is -0.137. The second-order valence-corrected chi connectivity index (χ2v) is 5.80. The molecule has 1 saturated heterocycles. The van der Waals surface area contributed by atoms with Gasteiger partial charge in [-0.25, -0.2) is 4.79 Å².